The van der Waals surface area contributed by atoms with Crippen molar-refractivity contribution in [3.8, 4) is 5.75 Å². The van der Waals surface area contributed by atoms with Crippen molar-refractivity contribution >= 4 is 23.6 Å². The summed E-state index contributed by atoms with van der Waals surface area (Å²) in [5, 5.41) is 11.1. The number of methoxy groups -OCH3 is 1. The predicted octanol–water partition coefficient (Wildman–Crippen LogP) is 1.24. The van der Waals surface area contributed by atoms with E-state index in [1.807, 2.05) is 0 Å². The molecule has 0 radical (unpaired) electrons. The number of amides is 1. The van der Waals surface area contributed by atoms with E-state index in [4.69, 9.17) is 9.84 Å². The summed E-state index contributed by atoms with van der Waals surface area (Å²) >= 11 is 1.27. The van der Waals surface area contributed by atoms with Crippen LogP contribution in [0.2, 0.25) is 0 Å². The van der Waals surface area contributed by atoms with Crippen molar-refractivity contribution in [2.24, 2.45) is 0 Å². The number of carbonyl (C=O) groups is 2. The van der Waals surface area contributed by atoms with E-state index in [1.54, 1.807) is 31.4 Å². The van der Waals surface area contributed by atoms with Gasteiger partial charge in [0.05, 0.1) is 12.9 Å². The van der Waals surface area contributed by atoms with E-state index in [0.29, 0.717) is 23.6 Å². The average molecular weight is 269 g/mol. The van der Waals surface area contributed by atoms with Gasteiger partial charge in [0.25, 0.3) is 5.91 Å². The Morgan fingerprint density at radius 2 is 2.00 bits per heavy atom. The standard InChI is InChI=1S/C12H15NO4S/c1-17-10-4-2-9(3-5-10)12(16)13-6-7-18-8-11(14)15/h2-5H,6-8H2,1H3,(H,13,16)(H,14,15). The van der Waals surface area contributed by atoms with Crippen molar-refractivity contribution in [3.05, 3.63) is 29.8 Å². The maximum absolute atomic E-state index is 11.7. The lowest BCUT2D eigenvalue weighted by Gasteiger charge is -2.05. The number of carboxylic acid groups (broad SMARTS) is 1. The van der Waals surface area contributed by atoms with Crippen LogP contribution in [0.3, 0.4) is 0 Å². The second-order valence-electron chi connectivity index (χ2n) is 3.43. The Morgan fingerprint density at radius 3 is 2.56 bits per heavy atom. The molecular formula is C12H15NO4S. The molecule has 0 aliphatic heterocycles. The molecule has 0 saturated carbocycles. The van der Waals surface area contributed by atoms with Crippen LogP contribution >= 0.6 is 11.8 Å². The number of rotatable bonds is 7. The molecule has 1 rings (SSSR count). The number of benzene rings is 1. The SMILES string of the molecule is COc1ccc(C(=O)NCCSCC(=O)O)cc1. The van der Waals surface area contributed by atoms with Gasteiger partial charge in [-0.3, -0.25) is 9.59 Å². The van der Waals surface area contributed by atoms with Gasteiger partial charge < -0.3 is 15.2 Å². The number of nitrogens with one attached hydrogen (secondary N) is 1. The molecule has 0 saturated heterocycles. The van der Waals surface area contributed by atoms with Crippen molar-refractivity contribution in [3.63, 3.8) is 0 Å². The summed E-state index contributed by atoms with van der Waals surface area (Å²) in [6.07, 6.45) is 0. The van der Waals surface area contributed by atoms with Gasteiger partial charge >= 0.3 is 5.97 Å². The van der Waals surface area contributed by atoms with E-state index in [0.717, 1.165) is 0 Å². The van der Waals surface area contributed by atoms with Crippen molar-refractivity contribution in [2.75, 3.05) is 25.2 Å². The Bertz CT molecular complexity index is 405. The number of carbonyl (C=O) groups excluding carboxylic acids is 1. The number of hydrogen-bond acceptors (Lipinski definition) is 4. The molecule has 0 fully saturated rings. The maximum atomic E-state index is 11.7. The molecule has 98 valence electrons. The fourth-order valence-electron chi connectivity index (χ4n) is 1.24. The Kier molecular flexibility index (Phi) is 6.07. The fourth-order valence-corrected chi connectivity index (χ4v) is 1.81. The fraction of sp³-hybridized carbons (Fsp3) is 0.333. The highest BCUT2D eigenvalue weighted by Crippen LogP contribution is 2.11. The van der Waals surface area contributed by atoms with Crippen molar-refractivity contribution in [1.29, 1.82) is 0 Å². The molecule has 2 N–H and O–H groups in total. The van der Waals surface area contributed by atoms with Crippen LogP contribution in [-0.2, 0) is 4.79 Å². The summed E-state index contributed by atoms with van der Waals surface area (Å²) in [4.78, 5) is 21.9. The minimum atomic E-state index is -0.846. The predicted molar refractivity (Wildman–Crippen MR) is 70.3 cm³/mol. The molecule has 0 aliphatic carbocycles. The number of carboxylic acids is 1. The van der Waals surface area contributed by atoms with Gasteiger partial charge in [-0.1, -0.05) is 0 Å². The van der Waals surface area contributed by atoms with E-state index >= 15 is 0 Å². The quantitative estimate of drug-likeness (QED) is 0.728. The summed E-state index contributed by atoms with van der Waals surface area (Å²) in [7, 11) is 1.56. The minimum absolute atomic E-state index is 0.0540. The number of aliphatic carboxylic acids is 1. The zero-order chi connectivity index (χ0) is 13.4. The zero-order valence-corrected chi connectivity index (χ0v) is 10.8. The number of ether oxygens (including phenoxy) is 1. The first-order chi connectivity index (χ1) is 8.63. The van der Waals surface area contributed by atoms with E-state index in [9.17, 15) is 9.59 Å². The van der Waals surface area contributed by atoms with Crippen LogP contribution in [-0.4, -0.2) is 42.1 Å². The Morgan fingerprint density at radius 1 is 1.33 bits per heavy atom. The molecule has 6 heteroatoms. The summed E-state index contributed by atoms with van der Waals surface area (Å²) in [6.45, 7) is 0.447. The van der Waals surface area contributed by atoms with Gasteiger partial charge in [-0.2, -0.15) is 0 Å². The highest BCUT2D eigenvalue weighted by atomic mass is 32.2. The lowest BCUT2D eigenvalue weighted by Crippen LogP contribution is -2.25. The zero-order valence-electron chi connectivity index (χ0n) is 10.0. The van der Waals surface area contributed by atoms with Crippen LogP contribution in [0, 0.1) is 0 Å². The normalized spacial score (nSPS) is 9.83. The minimum Gasteiger partial charge on any atom is -0.497 e. The highest BCUT2D eigenvalue weighted by molar-refractivity contribution is 7.99. The molecule has 0 atom stereocenters. The lowest BCUT2D eigenvalue weighted by molar-refractivity contribution is -0.133. The van der Waals surface area contributed by atoms with Gasteiger partial charge in [-0.25, -0.2) is 0 Å². The molecule has 18 heavy (non-hydrogen) atoms. The summed E-state index contributed by atoms with van der Waals surface area (Å²) in [5.41, 5.74) is 0.555. The monoisotopic (exact) mass is 269 g/mol. The van der Waals surface area contributed by atoms with Gasteiger partial charge in [0.1, 0.15) is 5.75 Å². The Hall–Kier alpha value is -1.69. The lowest BCUT2D eigenvalue weighted by atomic mass is 10.2. The van der Waals surface area contributed by atoms with Crippen molar-refractivity contribution in [2.45, 2.75) is 0 Å². The second-order valence-corrected chi connectivity index (χ2v) is 4.54. The average Bonchev–Trinajstić information content (AvgIpc) is 2.38. The molecule has 5 nitrogen and oxygen atoms in total. The Balaban J connectivity index is 2.29. The van der Waals surface area contributed by atoms with Crippen LogP contribution in [0.1, 0.15) is 10.4 Å². The van der Waals surface area contributed by atoms with Crippen LogP contribution in [0.15, 0.2) is 24.3 Å². The van der Waals surface area contributed by atoms with Crippen molar-refractivity contribution < 1.29 is 19.4 Å². The van der Waals surface area contributed by atoms with E-state index < -0.39 is 5.97 Å². The number of hydrogen-bond donors (Lipinski definition) is 2. The van der Waals surface area contributed by atoms with Crippen LogP contribution < -0.4 is 10.1 Å². The van der Waals surface area contributed by atoms with Gasteiger partial charge in [0.2, 0.25) is 0 Å². The molecule has 0 bridgehead atoms. The third kappa shape index (κ3) is 5.09. The molecule has 0 unspecified atom stereocenters. The molecule has 1 aromatic rings. The van der Waals surface area contributed by atoms with Crippen LogP contribution in [0.25, 0.3) is 0 Å². The van der Waals surface area contributed by atoms with E-state index in [1.165, 1.54) is 11.8 Å². The molecule has 0 spiro atoms. The molecular weight excluding hydrogens is 254 g/mol. The highest BCUT2D eigenvalue weighted by Gasteiger charge is 2.04. The Labute approximate surface area is 110 Å². The third-order valence-corrected chi connectivity index (χ3v) is 3.05. The summed E-state index contributed by atoms with van der Waals surface area (Å²) in [6, 6.07) is 6.79. The molecule has 0 aliphatic rings. The van der Waals surface area contributed by atoms with Gasteiger partial charge in [0.15, 0.2) is 0 Å². The summed E-state index contributed by atoms with van der Waals surface area (Å²) in [5.74, 6) is 0.311. The molecule has 1 amide bonds. The first-order valence-electron chi connectivity index (χ1n) is 5.35. The second kappa shape index (κ2) is 7.60. The smallest absolute Gasteiger partial charge is 0.313 e. The van der Waals surface area contributed by atoms with E-state index in [-0.39, 0.29) is 11.7 Å². The largest absolute Gasteiger partial charge is 0.497 e. The first kappa shape index (κ1) is 14.4. The topological polar surface area (TPSA) is 75.6 Å². The van der Waals surface area contributed by atoms with E-state index in [2.05, 4.69) is 5.32 Å². The van der Waals surface area contributed by atoms with Gasteiger partial charge in [0, 0.05) is 17.9 Å². The van der Waals surface area contributed by atoms with Crippen LogP contribution in [0.5, 0.6) is 5.75 Å². The third-order valence-electron chi connectivity index (χ3n) is 2.11. The van der Waals surface area contributed by atoms with Gasteiger partial charge in [-0.15, -0.1) is 11.8 Å². The molecule has 0 heterocycles. The van der Waals surface area contributed by atoms with Crippen molar-refractivity contribution in [1.82, 2.24) is 5.32 Å². The molecule has 1 aromatic carbocycles. The van der Waals surface area contributed by atoms with Gasteiger partial charge in [-0.05, 0) is 24.3 Å². The molecule has 0 aromatic heterocycles. The first-order valence-corrected chi connectivity index (χ1v) is 6.50. The number of thioether (sulfide) groups is 1. The summed E-state index contributed by atoms with van der Waals surface area (Å²) < 4.78 is 4.99. The van der Waals surface area contributed by atoms with Crippen LogP contribution in [0.4, 0.5) is 0 Å². The maximum Gasteiger partial charge on any atom is 0.313 e.